The van der Waals surface area contributed by atoms with Gasteiger partial charge in [0, 0.05) is 13.0 Å². The van der Waals surface area contributed by atoms with Gasteiger partial charge in [-0.15, -0.1) is 0 Å². The molecule has 6 heteroatoms. The number of nitrogens with zero attached hydrogens (tertiary/aromatic N) is 2. The number of aromatic nitrogens is 2. The normalized spacial score (nSPS) is 22.1. The van der Waals surface area contributed by atoms with E-state index >= 15 is 0 Å². The van der Waals surface area contributed by atoms with Crippen molar-refractivity contribution in [2.75, 3.05) is 13.1 Å². The third-order valence-corrected chi connectivity index (χ3v) is 3.13. The van der Waals surface area contributed by atoms with Crippen molar-refractivity contribution in [1.29, 1.82) is 0 Å². The highest BCUT2D eigenvalue weighted by Gasteiger charge is 2.23. The van der Waals surface area contributed by atoms with Crippen molar-refractivity contribution in [3.63, 3.8) is 0 Å². The van der Waals surface area contributed by atoms with Crippen LogP contribution in [-0.2, 0) is 0 Å². The number of rotatable bonds is 3. The van der Waals surface area contributed by atoms with Gasteiger partial charge in [0.1, 0.15) is 0 Å². The van der Waals surface area contributed by atoms with E-state index in [0.717, 1.165) is 25.9 Å². The van der Waals surface area contributed by atoms with Crippen LogP contribution >= 0.6 is 0 Å². The maximum absolute atomic E-state index is 11.8. The topological polar surface area (TPSA) is 80.0 Å². The molecule has 1 aliphatic heterocycles. The molecule has 0 spiro atoms. The molecule has 0 radical (unpaired) electrons. The number of nitrogens with one attached hydrogen (secondary N) is 2. The lowest BCUT2D eigenvalue weighted by molar-refractivity contribution is 0.0908. The second-order valence-electron chi connectivity index (χ2n) is 4.51. The van der Waals surface area contributed by atoms with Gasteiger partial charge in [-0.25, -0.2) is 0 Å². The molecular formula is C11H18N4O2. The average Bonchev–Trinajstić information content (AvgIpc) is 2.77. The molecule has 0 saturated carbocycles. The first-order valence-corrected chi connectivity index (χ1v) is 5.98. The minimum Gasteiger partial charge on any atom is -0.346 e. The molecule has 2 atom stereocenters. The Balaban J connectivity index is 1.89. The van der Waals surface area contributed by atoms with Crippen LogP contribution in [0.3, 0.4) is 0 Å². The maximum atomic E-state index is 11.8. The van der Waals surface area contributed by atoms with Crippen LogP contribution in [0.25, 0.3) is 0 Å². The summed E-state index contributed by atoms with van der Waals surface area (Å²) in [7, 11) is 0. The molecule has 94 valence electrons. The molecule has 2 heterocycles. The van der Waals surface area contributed by atoms with Crippen LogP contribution in [0.4, 0.5) is 0 Å². The Bertz CT molecular complexity index is 385. The zero-order valence-corrected chi connectivity index (χ0v) is 10.2. The number of hydrogen-bond donors (Lipinski definition) is 2. The van der Waals surface area contributed by atoms with Gasteiger partial charge in [-0.05, 0) is 38.8 Å². The molecule has 1 aromatic heterocycles. The summed E-state index contributed by atoms with van der Waals surface area (Å²) in [5.41, 5.74) is 0. The van der Waals surface area contributed by atoms with Gasteiger partial charge in [-0.1, -0.05) is 5.16 Å². The van der Waals surface area contributed by atoms with Gasteiger partial charge < -0.3 is 15.2 Å². The van der Waals surface area contributed by atoms with E-state index in [1.165, 1.54) is 0 Å². The van der Waals surface area contributed by atoms with E-state index in [2.05, 4.69) is 20.8 Å². The van der Waals surface area contributed by atoms with Crippen LogP contribution < -0.4 is 10.6 Å². The second-order valence-corrected chi connectivity index (χ2v) is 4.51. The number of carbonyl (C=O) groups excluding carboxylic acids is 1. The Morgan fingerprint density at radius 2 is 2.47 bits per heavy atom. The number of carbonyl (C=O) groups is 1. The summed E-state index contributed by atoms with van der Waals surface area (Å²) in [5.74, 6) is 0.723. The van der Waals surface area contributed by atoms with Gasteiger partial charge in [-0.3, -0.25) is 4.79 Å². The SMILES string of the molecule is Cc1nc(C(=O)NC(C)C2CCCNC2)no1. The summed E-state index contributed by atoms with van der Waals surface area (Å²) in [5, 5.41) is 9.85. The quantitative estimate of drug-likeness (QED) is 0.801. The van der Waals surface area contributed by atoms with Gasteiger partial charge in [0.2, 0.25) is 5.89 Å². The van der Waals surface area contributed by atoms with E-state index in [4.69, 9.17) is 4.52 Å². The lowest BCUT2D eigenvalue weighted by Gasteiger charge is -2.28. The second kappa shape index (κ2) is 5.27. The molecule has 2 N–H and O–H groups in total. The molecule has 0 aromatic carbocycles. The highest BCUT2D eigenvalue weighted by molar-refractivity contribution is 5.90. The molecule has 1 fully saturated rings. The van der Waals surface area contributed by atoms with E-state index in [-0.39, 0.29) is 17.8 Å². The van der Waals surface area contributed by atoms with Crippen LogP contribution in [0, 0.1) is 12.8 Å². The van der Waals surface area contributed by atoms with Crippen molar-refractivity contribution < 1.29 is 9.32 Å². The van der Waals surface area contributed by atoms with E-state index in [1.54, 1.807) is 6.92 Å². The van der Waals surface area contributed by atoms with Crippen molar-refractivity contribution in [2.45, 2.75) is 32.7 Å². The fourth-order valence-electron chi connectivity index (χ4n) is 2.09. The van der Waals surface area contributed by atoms with Crippen LogP contribution in [0.2, 0.25) is 0 Å². The summed E-state index contributed by atoms with van der Waals surface area (Å²) in [6, 6.07) is 0.120. The predicted molar refractivity (Wildman–Crippen MR) is 61.6 cm³/mol. The van der Waals surface area contributed by atoms with Gasteiger partial charge in [0.15, 0.2) is 0 Å². The van der Waals surface area contributed by atoms with Crippen molar-refractivity contribution in [3.8, 4) is 0 Å². The molecule has 1 aliphatic rings. The Hall–Kier alpha value is -1.43. The fourth-order valence-corrected chi connectivity index (χ4v) is 2.09. The molecule has 1 aromatic rings. The zero-order chi connectivity index (χ0) is 12.3. The Kier molecular flexibility index (Phi) is 3.73. The molecular weight excluding hydrogens is 220 g/mol. The van der Waals surface area contributed by atoms with E-state index in [9.17, 15) is 4.79 Å². The van der Waals surface area contributed by atoms with Crippen molar-refractivity contribution >= 4 is 5.91 Å². The number of piperidine rings is 1. The standard InChI is InChI=1S/C11H18N4O2/c1-7(9-4-3-5-12-6-9)13-11(16)10-14-8(2)17-15-10/h7,9,12H,3-6H2,1-2H3,(H,13,16). The van der Waals surface area contributed by atoms with Crippen molar-refractivity contribution in [2.24, 2.45) is 5.92 Å². The summed E-state index contributed by atoms with van der Waals surface area (Å²) in [6.07, 6.45) is 2.30. The molecule has 2 unspecified atom stereocenters. The van der Waals surface area contributed by atoms with Crippen LogP contribution in [0.15, 0.2) is 4.52 Å². The molecule has 1 saturated heterocycles. The summed E-state index contributed by atoms with van der Waals surface area (Å²) < 4.78 is 4.78. The third-order valence-electron chi connectivity index (χ3n) is 3.13. The average molecular weight is 238 g/mol. The highest BCUT2D eigenvalue weighted by Crippen LogP contribution is 2.14. The first-order chi connectivity index (χ1) is 8.16. The smallest absolute Gasteiger partial charge is 0.292 e. The summed E-state index contributed by atoms with van der Waals surface area (Å²) >= 11 is 0. The lowest BCUT2D eigenvalue weighted by Crippen LogP contribution is -2.44. The molecule has 0 bridgehead atoms. The predicted octanol–water partition coefficient (Wildman–Crippen LogP) is 0.496. The monoisotopic (exact) mass is 238 g/mol. The van der Waals surface area contributed by atoms with Gasteiger partial charge in [-0.2, -0.15) is 4.98 Å². The Morgan fingerprint density at radius 3 is 3.06 bits per heavy atom. The molecule has 2 rings (SSSR count). The molecule has 17 heavy (non-hydrogen) atoms. The largest absolute Gasteiger partial charge is 0.346 e. The van der Waals surface area contributed by atoms with Gasteiger partial charge in [0.05, 0.1) is 0 Å². The van der Waals surface area contributed by atoms with E-state index < -0.39 is 0 Å². The van der Waals surface area contributed by atoms with Gasteiger partial charge in [0.25, 0.3) is 11.7 Å². The van der Waals surface area contributed by atoms with Crippen molar-refractivity contribution in [1.82, 2.24) is 20.8 Å². The maximum Gasteiger partial charge on any atom is 0.292 e. The molecule has 1 amide bonds. The zero-order valence-electron chi connectivity index (χ0n) is 10.2. The molecule has 6 nitrogen and oxygen atoms in total. The minimum absolute atomic E-state index is 0.109. The Morgan fingerprint density at radius 1 is 1.65 bits per heavy atom. The fraction of sp³-hybridized carbons (Fsp3) is 0.727. The van der Waals surface area contributed by atoms with Crippen LogP contribution in [-0.4, -0.2) is 35.2 Å². The first kappa shape index (κ1) is 12.0. The minimum atomic E-state index is -0.264. The number of amides is 1. The van der Waals surface area contributed by atoms with Crippen molar-refractivity contribution in [3.05, 3.63) is 11.7 Å². The summed E-state index contributed by atoms with van der Waals surface area (Å²) in [4.78, 5) is 15.7. The van der Waals surface area contributed by atoms with Crippen LogP contribution in [0.5, 0.6) is 0 Å². The first-order valence-electron chi connectivity index (χ1n) is 5.98. The lowest BCUT2D eigenvalue weighted by atomic mass is 9.93. The van der Waals surface area contributed by atoms with E-state index in [0.29, 0.717) is 11.8 Å². The van der Waals surface area contributed by atoms with E-state index in [1.807, 2.05) is 6.92 Å². The summed E-state index contributed by atoms with van der Waals surface area (Å²) in [6.45, 7) is 5.70. The third kappa shape index (κ3) is 3.03. The number of aryl methyl sites for hydroxylation is 1. The van der Waals surface area contributed by atoms with Crippen LogP contribution in [0.1, 0.15) is 36.3 Å². The Labute approximate surface area is 100 Å². The highest BCUT2D eigenvalue weighted by atomic mass is 16.5. The molecule has 0 aliphatic carbocycles. The number of hydrogen-bond acceptors (Lipinski definition) is 5. The van der Waals surface area contributed by atoms with Gasteiger partial charge >= 0.3 is 0 Å².